The topological polar surface area (TPSA) is 79.4 Å². The average Bonchev–Trinajstić information content (AvgIpc) is 3.51. The van der Waals surface area contributed by atoms with E-state index in [2.05, 4.69) is 80.9 Å². The van der Waals surface area contributed by atoms with Crippen LogP contribution in [-0.2, 0) is 6.54 Å². The first-order chi connectivity index (χ1) is 25.0. The lowest BCUT2D eigenvalue weighted by Crippen LogP contribution is -2.46. The third-order valence-corrected chi connectivity index (χ3v) is 9.46. The zero-order chi connectivity index (χ0) is 35.8. The van der Waals surface area contributed by atoms with Crippen LogP contribution < -0.4 is 15.4 Å². The fourth-order valence-corrected chi connectivity index (χ4v) is 6.61. The van der Waals surface area contributed by atoms with E-state index in [1.807, 2.05) is 37.4 Å². The number of aliphatic hydroxyl groups excluding tert-OH is 1. The molecule has 270 valence electrons. The van der Waals surface area contributed by atoms with Crippen LogP contribution >= 0.6 is 0 Å². The number of hydrogen-bond donors (Lipinski definition) is 1. The number of para-hydroxylation sites is 2. The number of hydrogen-bond acceptors (Lipinski definition) is 6. The largest absolute Gasteiger partial charge is 0.373 e. The molecule has 4 aromatic rings. The van der Waals surface area contributed by atoms with Gasteiger partial charge in [-0.3, -0.25) is 9.36 Å². The second-order valence-corrected chi connectivity index (χ2v) is 13.2. The molecule has 1 aliphatic heterocycles. The van der Waals surface area contributed by atoms with Crippen molar-refractivity contribution in [2.24, 2.45) is 0 Å². The quantitative estimate of drug-likeness (QED) is 0.0830. The molecule has 8 nitrogen and oxygen atoms in total. The molecule has 0 saturated carbocycles. The number of benzene rings is 2. The molecule has 0 bridgehead atoms. The minimum absolute atomic E-state index is 0.141. The summed E-state index contributed by atoms with van der Waals surface area (Å²) in [4.78, 5) is 27.0. The smallest absolute Gasteiger partial charge is 0.256 e. The van der Waals surface area contributed by atoms with Crippen LogP contribution in [0.1, 0.15) is 82.9 Å². The highest BCUT2D eigenvalue weighted by molar-refractivity contribution is 5.79. The van der Waals surface area contributed by atoms with Crippen molar-refractivity contribution in [2.45, 2.75) is 89.9 Å². The Labute approximate surface area is 302 Å². The third-order valence-electron chi connectivity index (χ3n) is 9.46. The van der Waals surface area contributed by atoms with Crippen LogP contribution in [0, 0.1) is 5.82 Å². The zero-order valence-electron chi connectivity index (χ0n) is 30.2. The van der Waals surface area contributed by atoms with Gasteiger partial charge in [0.05, 0.1) is 17.6 Å². The highest BCUT2D eigenvalue weighted by atomic mass is 19.1. The fourth-order valence-electron chi connectivity index (χ4n) is 6.61. The maximum Gasteiger partial charge on any atom is 0.256 e. The van der Waals surface area contributed by atoms with Crippen molar-refractivity contribution in [3.8, 4) is 0 Å². The highest BCUT2D eigenvalue weighted by Crippen LogP contribution is 2.29. The van der Waals surface area contributed by atoms with Gasteiger partial charge in [-0.1, -0.05) is 79.8 Å². The zero-order valence-corrected chi connectivity index (χ0v) is 30.2. The van der Waals surface area contributed by atoms with Crippen molar-refractivity contribution in [1.29, 1.82) is 0 Å². The molecule has 0 aliphatic carbocycles. The number of anilines is 2. The fraction of sp³-hybridized carbons (Fsp3) is 0.405. The van der Waals surface area contributed by atoms with Gasteiger partial charge in [0.2, 0.25) is 11.9 Å². The number of fused-ring (bicyclic) bond motifs is 1. The van der Waals surface area contributed by atoms with E-state index in [4.69, 9.17) is 4.98 Å². The van der Waals surface area contributed by atoms with Crippen LogP contribution in [0.15, 0.2) is 114 Å². The van der Waals surface area contributed by atoms with Gasteiger partial charge in [0.1, 0.15) is 12.0 Å². The third kappa shape index (κ3) is 10.6. The van der Waals surface area contributed by atoms with Gasteiger partial charge < -0.3 is 19.5 Å². The Balaban J connectivity index is 1.12. The molecule has 0 radical (unpaired) electrons. The number of nitrogens with zero attached hydrogens (tertiary/aromatic N) is 6. The van der Waals surface area contributed by atoms with Gasteiger partial charge in [0.15, 0.2) is 0 Å². The summed E-state index contributed by atoms with van der Waals surface area (Å²) >= 11 is 0. The first-order valence-electron chi connectivity index (χ1n) is 18.5. The molecule has 1 atom stereocenters. The lowest BCUT2D eigenvalue weighted by atomic mass is 10.0. The van der Waals surface area contributed by atoms with Gasteiger partial charge in [0, 0.05) is 38.4 Å². The van der Waals surface area contributed by atoms with Crippen molar-refractivity contribution in [3.05, 3.63) is 131 Å². The summed E-state index contributed by atoms with van der Waals surface area (Å²) in [6.45, 7) is 4.29. The van der Waals surface area contributed by atoms with Crippen LogP contribution in [0.2, 0.25) is 0 Å². The lowest BCUT2D eigenvalue weighted by Gasteiger charge is -2.38. The predicted octanol–water partition coefficient (Wildman–Crippen LogP) is 8.74. The second-order valence-electron chi connectivity index (χ2n) is 13.2. The standard InChI is InChI=1S/C42H53FN6O2/c1-3-4-5-6-7-8-9-10-11-12-13-14-15-16-17-22-39(50)49-40(51)27-30-44-41(49)46(2)36-28-31-47(32-29-36)42-45-37-20-18-19-21-38(37)48(42)33-34-23-25-35(43)26-24-34/h4-5,7-8,10-11,13-14,18-21,23-27,30,36,39,50H,3,6,9,12,15-17,22,28-29,31-33H2,1-2H3/b5-4-,8-7-,11-10-,14-13-. The molecular formula is C42H53FN6O2. The van der Waals surface area contributed by atoms with E-state index in [0.29, 0.717) is 18.9 Å². The summed E-state index contributed by atoms with van der Waals surface area (Å²) in [6.07, 6.45) is 27.0. The Bertz CT molecular complexity index is 1830. The molecule has 1 saturated heterocycles. The summed E-state index contributed by atoms with van der Waals surface area (Å²) in [5.74, 6) is 1.15. The number of aliphatic hydroxyl groups is 1. The summed E-state index contributed by atoms with van der Waals surface area (Å²) in [6, 6.07) is 16.3. The number of rotatable bonds is 18. The summed E-state index contributed by atoms with van der Waals surface area (Å²) in [5, 5.41) is 11.2. The van der Waals surface area contributed by atoms with Crippen molar-refractivity contribution in [2.75, 3.05) is 29.9 Å². The Morgan fingerprint density at radius 3 is 2.27 bits per heavy atom. The van der Waals surface area contributed by atoms with Crippen LogP contribution in [0.25, 0.3) is 11.0 Å². The minimum atomic E-state index is -0.937. The van der Waals surface area contributed by atoms with Gasteiger partial charge >= 0.3 is 0 Å². The number of allylic oxidation sites excluding steroid dienone is 8. The molecular weight excluding hydrogens is 640 g/mol. The number of halogens is 1. The molecule has 1 N–H and O–H groups in total. The molecule has 9 heteroatoms. The predicted molar refractivity (Wildman–Crippen MR) is 208 cm³/mol. The monoisotopic (exact) mass is 692 g/mol. The molecule has 2 aromatic carbocycles. The Morgan fingerprint density at radius 1 is 0.902 bits per heavy atom. The van der Waals surface area contributed by atoms with Crippen LogP contribution in [0.4, 0.5) is 16.3 Å². The molecule has 5 rings (SSSR count). The summed E-state index contributed by atoms with van der Waals surface area (Å²) in [7, 11) is 1.97. The summed E-state index contributed by atoms with van der Waals surface area (Å²) in [5.41, 5.74) is 2.74. The van der Waals surface area contributed by atoms with Gasteiger partial charge in [-0.25, -0.2) is 14.4 Å². The van der Waals surface area contributed by atoms with E-state index in [-0.39, 0.29) is 17.4 Å². The van der Waals surface area contributed by atoms with E-state index in [1.54, 1.807) is 0 Å². The van der Waals surface area contributed by atoms with Crippen LogP contribution in [0.5, 0.6) is 0 Å². The van der Waals surface area contributed by atoms with Gasteiger partial charge in [-0.2, -0.15) is 0 Å². The molecule has 1 aliphatic rings. The van der Waals surface area contributed by atoms with Crippen LogP contribution in [0.3, 0.4) is 0 Å². The summed E-state index contributed by atoms with van der Waals surface area (Å²) < 4.78 is 17.3. The minimum Gasteiger partial charge on any atom is -0.373 e. The maximum atomic E-state index is 13.6. The molecule has 2 aromatic heterocycles. The van der Waals surface area contributed by atoms with Gasteiger partial charge in [-0.15, -0.1) is 0 Å². The van der Waals surface area contributed by atoms with Gasteiger partial charge in [-0.05, 0) is 94.0 Å². The first kappa shape index (κ1) is 37.5. The van der Waals surface area contributed by atoms with Gasteiger partial charge in [0.25, 0.3) is 5.56 Å². The SMILES string of the molecule is CC/C=C\C/C=C\C/C=C\C/C=C\CCCCC(O)n1c(N(C)C2CCN(c3nc4ccccc4n3Cc3ccc(F)cc3)CC2)nccc1=O. The molecule has 0 amide bonds. The van der Waals surface area contributed by atoms with E-state index in [0.717, 1.165) is 93.4 Å². The molecule has 3 heterocycles. The lowest BCUT2D eigenvalue weighted by molar-refractivity contribution is 0.0879. The van der Waals surface area contributed by atoms with Crippen molar-refractivity contribution in [3.63, 3.8) is 0 Å². The second kappa shape index (κ2) is 19.6. The number of piperidine rings is 1. The average molecular weight is 693 g/mol. The first-order valence-corrected chi connectivity index (χ1v) is 18.5. The number of aromatic nitrogens is 4. The van der Waals surface area contributed by atoms with E-state index >= 15 is 0 Å². The Kier molecular flexibility index (Phi) is 14.4. The van der Waals surface area contributed by atoms with E-state index in [1.165, 1.54) is 29.0 Å². The Morgan fingerprint density at radius 2 is 1.57 bits per heavy atom. The number of unbranched alkanes of at least 4 members (excludes halogenated alkanes) is 2. The highest BCUT2D eigenvalue weighted by Gasteiger charge is 2.28. The molecule has 51 heavy (non-hydrogen) atoms. The van der Waals surface area contributed by atoms with Crippen molar-refractivity contribution < 1.29 is 9.50 Å². The maximum absolute atomic E-state index is 13.6. The Hall–Kier alpha value is -4.76. The normalized spacial score (nSPS) is 15.0. The van der Waals surface area contributed by atoms with Crippen LogP contribution in [-0.4, -0.2) is 50.4 Å². The van der Waals surface area contributed by atoms with E-state index < -0.39 is 6.23 Å². The number of imidazole rings is 1. The van der Waals surface area contributed by atoms with Crippen molar-refractivity contribution in [1.82, 2.24) is 19.1 Å². The van der Waals surface area contributed by atoms with Crippen molar-refractivity contribution >= 4 is 22.9 Å². The molecule has 0 spiro atoms. The molecule has 1 fully saturated rings. The molecule has 1 unspecified atom stereocenters. The van der Waals surface area contributed by atoms with E-state index in [9.17, 15) is 14.3 Å².